The third-order valence-electron chi connectivity index (χ3n) is 2.94. The van der Waals surface area contributed by atoms with Gasteiger partial charge in [-0.2, -0.15) is 0 Å². The van der Waals surface area contributed by atoms with Gasteiger partial charge in [0.2, 0.25) is 0 Å². The van der Waals surface area contributed by atoms with Gasteiger partial charge < -0.3 is 9.72 Å². The fourth-order valence-electron chi connectivity index (χ4n) is 1.98. The highest BCUT2D eigenvalue weighted by molar-refractivity contribution is 5.86. The number of hydrogen-bond donors (Lipinski definition) is 1. The third-order valence-corrected chi connectivity index (χ3v) is 2.94. The second kappa shape index (κ2) is 2.62. The van der Waals surface area contributed by atoms with Crippen LogP contribution in [0.3, 0.4) is 0 Å². The van der Waals surface area contributed by atoms with Gasteiger partial charge >= 0.3 is 5.97 Å². The summed E-state index contributed by atoms with van der Waals surface area (Å²) < 4.78 is 4.81. The van der Waals surface area contributed by atoms with E-state index in [-0.39, 0.29) is 11.4 Å². The Morgan fingerprint density at radius 2 is 2.46 bits per heavy atom. The maximum Gasteiger partial charge on any atom is 0.318 e. The molecule has 0 spiro atoms. The van der Waals surface area contributed by atoms with Crippen LogP contribution in [0.25, 0.3) is 0 Å². The van der Waals surface area contributed by atoms with E-state index in [1.54, 1.807) is 0 Å². The lowest BCUT2D eigenvalue weighted by Gasteiger charge is -2.11. The molecule has 1 fully saturated rings. The molecule has 0 amide bonds. The largest absolute Gasteiger partial charge is 0.468 e. The molecule has 0 aromatic carbocycles. The average molecular weight is 179 g/mol. The second-order valence-corrected chi connectivity index (χ2v) is 3.65. The van der Waals surface area contributed by atoms with Crippen LogP contribution in [-0.4, -0.2) is 18.1 Å². The minimum atomic E-state index is -0.377. The molecular weight excluding hydrogens is 166 g/mol. The first kappa shape index (κ1) is 8.35. The van der Waals surface area contributed by atoms with Crippen molar-refractivity contribution in [1.29, 1.82) is 0 Å². The standard InChI is InChI=1S/C10H13NO2/c1-7-6-10(7,9(12)13-2)8-4-3-5-11-8/h3-5,7,11H,6H2,1-2H3. The van der Waals surface area contributed by atoms with E-state index in [4.69, 9.17) is 4.74 Å². The van der Waals surface area contributed by atoms with E-state index in [1.807, 2.05) is 18.3 Å². The lowest BCUT2D eigenvalue weighted by atomic mass is 10.0. The van der Waals surface area contributed by atoms with Crippen LogP contribution >= 0.6 is 0 Å². The molecule has 1 aliphatic rings. The predicted molar refractivity (Wildman–Crippen MR) is 48.3 cm³/mol. The Morgan fingerprint density at radius 3 is 2.85 bits per heavy atom. The summed E-state index contributed by atoms with van der Waals surface area (Å²) >= 11 is 0. The monoisotopic (exact) mass is 179 g/mol. The highest BCUT2D eigenvalue weighted by Crippen LogP contribution is 2.54. The molecule has 1 saturated carbocycles. The number of carbonyl (C=O) groups is 1. The Morgan fingerprint density at radius 1 is 1.77 bits per heavy atom. The highest BCUT2D eigenvalue weighted by atomic mass is 16.5. The molecule has 2 rings (SSSR count). The lowest BCUT2D eigenvalue weighted by Crippen LogP contribution is -2.24. The molecule has 0 saturated heterocycles. The SMILES string of the molecule is COC(=O)C1(c2ccc[nH]2)CC1C. The van der Waals surface area contributed by atoms with Gasteiger partial charge in [-0.3, -0.25) is 4.79 Å². The number of aromatic amines is 1. The van der Waals surface area contributed by atoms with Crippen molar-refractivity contribution < 1.29 is 9.53 Å². The van der Waals surface area contributed by atoms with E-state index in [0.717, 1.165) is 12.1 Å². The maximum absolute atomic E-state index is 11.6. The third kappa shape index (κ3) is 0.996. The Bertz CT molecular complexity index is 318. The second-order valence-electron chi connectivity index (χ2n) is 3.65. The molecule has 1 heterocycles. The van der Waals surface area contributed by atoms with Gasteiger partial charge in [0, 0.05) is 11.9 Å². The maximum atomic E-state index is 11.6. The molecule has 3 heteroatoms. The highest BCUT2D eigenvalue weighted by Gasteiger charge is 2.60. The molecule has 2 unspecified atom stereocenters. The van der Waals surface area contributed by atoms with E-state index >= 15 is 0 Å². The summed E-state index contributed by atoms with van der Waals surface area (Å²) in [4.78, 5) is 14.6. The van der Waals surface area contributed by atoms with E-state index < -0.39 is 0 Å². The summed E-state index contributed by atoms with van der Waals surface area (Å²) in [5.74, 6) is 0.265. The Labute approximate surface area is 77.1 Å². The van der Waals surface area contributed by atoms with Gasteiger partial charge in [0.25, 0.3) is 0 Å². The van der Waals surface area contributed by atoms with Gasteiger partial charge in [0.05, 0.1) is 7.11 Å². The van der Waals surface area contributed by atoms with Crippen LogP contribution in [0.1, 0.15) is 19.0 Å². The molecule has 1 aromatic heterocycles. The number of aromatic nitrogens is 1. The summed E-state index contributed by atoms with van der Waals surface area (Å²) in [5.41, 5.74) is 0.602. The number of rotatable bonds is 2. The van der Waals surface area contributed by atoms with Crippen molar-refractivity contribution in [2.24, 2.45) is 5.92 Å². The average Bonchev–Trinajstić information content (AvgIpc) is 2.63. The van der Waals surface area contributed by atoms with Crippen molar-refractivity contribution >= 4 is 5.97 Å². The van der Waals surface area contributed by atoms with Gasteiger partial charge in [0.15, 0.2) is 0 Å². The van der Waals surface area contributed by atoms with E-state index in [2.05, 4.69) is 11.9 Å². The zero-order valence-electron chi connectivity index (χ0n) is 7.83. The molecule has 70 valence electrons. The number of carbonyl (C=O) groups excluding carboxylic acids is 1. The first-order valence-corrected chi connectivity index (χ1v) is 4.44. The molecule has 1 N–H and O–H groups in total. The van der Waals surface area contributed by atoms with E-state index in [9.17, 15) is 4.79 Å². The zero-order chi connectivity index (χ0) is 9.47. The van der Waals surface area contributed by atoms with Crippen molar-refractivity contribution in [2.45, 2.75) is 18.8 Å². The van der Waals surface area contributed by atoms with Crippen LogP contribution < -0.4 is 0 Å². The lowest BCUT2D eigenvalue weighted by molar-refractivity contribution is -0.144. The first-order valence-electron chi connectivity index (χ1n) is 4.44. The predicted octanol–water partition coefficient (Wildman–Crippen LogP) is 1.47. The summed E-state index contributed by atoms with van der Waals surface area (Å²) in [5, 5.41) is 0. The van der Waals surface area contributed by atoms with Crippen molar-refractivity contribution in [2.75, 3.05) is 7.11 Å². The molecule has 0 aliphatic heterocycles. The summed E-state index contributed by atoms with van der Waals surface area (Å²) in [7, 11) is 1.44. The minimum absolute atomic E-state index is 0.123. The van der Waals surface area contributed by atoms with Gasteiger partial charge in [-0.25, -0.2) is 0 Å². The van der Waals surface area contributed by atoms with E-state index in [1.165, 1.54) is 7.11 Å². The van der Waals surface area contributed by atoms with Crippen molar-refractivity contribution in [3.63, 3.8) is 0 Å². The molecule has 1 aromatic rings. The van der Waals surface area contributed by atoms with Crippen molar-refractivity contribution in [3.8, 4) is 0 Å². The van der Waals surface area contributed by atoms with Crippen molar-refractivity contribution in [3.05, 3.63) is 24.0 Å². The Balaban J connectivity index is 2.33. The van der Waals surface area contributed by atoms with Crippen LogP contribution in [0, 0.1) is 5.92 Å². The molecule has 13 heavy (non-hydrogen) atoms. The van der Waals surface area contributed by atoms with Crippen LogP contribution in [0.5, 0.6) is 0 Å². The molecular formula is C10H13NO2. The van der Waals surface area contributed by atoms with Crippen LogP contribution in [-0.2, 0) is 14.9 Å². The van der Waals surface area contributed by atoms with Gasteiger partial charge in [-0.05, 0) is 24.5 Å². The minimum Gasteiger partial charge on any atom is -0.468 e. The van der Waals surface area contributed by atoms with E-state index in [0.29, 0.717) is 5.92 Å². The normalized spacial score (nSPS) is 31.4. The molecule has 3 nitrogen and oxygen atoms in total. The fraction of sp³-hybridized carbons (Fsp3) is 0.500. The van der Waals surface area contributed by atoms with Crippen LogP contribution in [0.2, 0.25) is 0 Å². The van der Waals surface area contributed by atoms with Crippen LogP contribution in [0.4, 0.5) is 0 Å². The number of ether oxygens (including phenoxy) is 1. The molecule has 0 bridgehead atoms. The number of methoxy groups -OCH3 is 1. The summed E-state index contributed by atoms with van der Waals surface area (Å²) in [6.07, 6.45) is 2.73. The molecule has 1 aliphatic carbocycles. The van der Waals surface area contributed by atoms with Gasteiger partial charge in [-0.1, -0.05) is 6.92 Å². The molecule has 2 atom stereocenters. The smallest absolute Gasteiger partial charge is 0.318 e. The fourth-order valence-corrected chi connectivity index (χ4v) is 1.98. The molecule has 0 radical (unpaired) electrons. The zero-order valence-corrected chi connectivity index (χ0v) is 7.83. The van der Waals surface area contributed by atoms with Gasteiger partial charge in [-0.15, -0.1) is 0 Å². The number of nitrogens with one attached hydrogen (secondary N) is 1. The van der Waals surface area contributed by atoms with Gasteiger partial charge in [0.1, 0.15) is 5.41 Å². The first-order chi connectivity index (χ1) is 6.21. The quantitative estimate of drug-likeness (QED) is 0.698. The van der Waals surface area contributed by atoms with Crippen LogP contribution in [0.15, 0.2) is 18.3 Å². The number of esters is 1. The summed E-state index contributed by atoms with van der Waals surface area (Å²) in [6.45, 7) is 2.07. The number of H-pyrrole nitrogens is 1. The Hall–Kier alpha value is -1.25. The number of hydrogen-bond acceptors (Lipinski definition) is 2. The van der Waals surface area contributed by atoms with Crippen molar-refractivity contribution in [1.82, 2.24) is 4.98 Å². The Kier molecular flexibility index (Phi) is 1.68. The topological polar surface area (TPSA) is 42.1 Å². The summed E-state index contributed by atoms with van der Waals surface area (Å²) in [6, 6.07) is 3.85.